The third-order valence-electron chi connectivity index (χ3n) is 2.47. The molecule has 0 aromatic rings. The summed E-state index contributed by atoms with van der Waals surface area (Å²) in [5.41, 5.74) is 0. The topological polar surface area (TPSA) is 36.4 Å². The molecule has 0 radical (unpaired) electrons. The molecule has 2 N–H and O–H groups in total. The van der Waals surface area contributed by atoms with Crippen molar-refractivity contribution in [1.82, 2.24) is 10.6 Å². The van der Waals surface area contributed by atoms with E-state index in [2.05, 4.69) is 54.1 Å². The van der Waals surface area contributed by atoms with E-state index < -0.39 is 0 Å². The number of amidine groups is 1. The van der Waals surface area contributed by atoms with Crippen molar-refractivity contribution in [3.8, 4) is 0 Å². The Labute approximate surface area is 106 Å². The third kappa shape index (κ3) is 2.49. The molecule has 2 heterocycles. The lowest BCUT2D eigenvalue weighted by Gasteiger charge is -2.27. The molecule has 3 nitrogen and oxygen atoms in total. The number of halogens is 2. The van der Waals surface area contributed by atoms with Gasteiger partial charge in [-0.3, -0.25) is 4.99 Å². The largest absolute Gasteiger partial charge is 0.338 e. The average molecular weight is 370 g/mol. The fourth-order valence-electron chi connectivity index (χ4n) is 1.70. The Morgan fingerprint density at radius 1 is 1.50 bits per heavy atom. The van der Waals surface area contributed by atoms with Crippen LogP contribution < -0.4 is 10.6 Å². The quantitative estimate of drug-likeness (QED) is 0.506. The summed E-state index contributed by atoms with van der Waals surface area (Å²) in [6.45, 7) is 3.06. The van der Waals surface area contributed by atoms with Crippen molar-refractivity contribution in [3.05, 3.63) is 8.19 Å². The Kier molecular flexibility index (Phi) is 3.84. The van der Waals surface area contributed by atoms with Gasteiger partial charge in [0.2, 0.25) is 0 Å². The summed E-state index contributed by atoms with van der Waals surface area (Å²) in [5, 5.41) is 6.82. The first-order valence-corrected chi connectivity index (χ1v) is 6.71. The van der Waals surface area contributed by atoms with Gasteiger partial charge in [0.05, 0.1) is 3.70 Å². The van der Waals surface area contributed by atoms with Gasteiger partial charge >= 0.3 is 0 Å². The first-order valence-electron chi connectivity index (χ1n) is 4.83. The Balaban J connectivity index is 2.17. The summed E-state index contributed by atoms with van der Waals surface area (Å²) >= 11 is 5.90. The summed E-state index contributed by atoms with van der Waals surface area (Å²) in [5.74, 6) is 1.67. The highest BCUT2D eigenvalue weighted by atomic mass is 127. The van der Waals surface area contributed by atoms with E-state index in [0.717, 1.165) is 38.3 Å². The lowest BCUT2D eigenvalue weighted by atomic mass is 10.0. The molecular weight excluding hydrogens is 357 g/mol. The Bertz CT molecular complexity index is 288. The Morgan fingerprint density at radius 2 is 2.36 bits per heavy atom. The number of nitrogens with zero attached hydrogens (tertiary/aromatic N) is 1. The minimum atomic E-state index is 0.517. The molecule has 0 aromatic carbocycles. The van der Waals surface area contributed by atoms with Crippen molar-refractivity contribution in [2.75, 3.05) is 19.6 Å². The highest BCUT2D eigenvalue weighted by Gasteiger charge is 2.24. The number of aliphatic imine (C=N–C) groups is 1. The Hall–Kier alpha value is 0.380. The van der Waals surface area contributed by atoms with E-state index in [9.17, 15) is 0 Å². The average Bonchev–Trinajstić information content (AvgIpc) is 2.13. The van der Waals surface area contributed by atoms with Crippen molar-refractivity contribution in [2.24, 2.45) is 10.9 Å². The van der Waals surface area contributed by atoms with Gasteiger partial charge in [-0.15, -0.1) is 0 Å². The van der Waals surface area contributed by atoms with Crippen LogP contribution in [0.15, 0.2) is 13.2 Å². The number of nitrogens with one attached hydrogen (secondary N) is 2. The number of allylic oxidation sites excluding steroid dienone is 1. The number of hydrogen-bond donors (Lipinski definition) is 2. The van der Waals surface area contributed by atoms with Crippen LogP contribution in [-0.2, 0) is 0 Å². The molecule has 2 aliphatic rings. The fourth-order valence-corrected chi connectivity index (χ4v) is 2.69. The van der Waals surface area contributed by atoms with Gasteiger partial charge in [-0.05, 0) is 42.0 Å². The molecule has 0 aromatic heterocycles. The lowest BCUT2D eigenvalue weighted by Crippen LogP contribution is -2.41. The van der Waals surface area contributed by atoms with E-state index >= 15 is 0 Å². The monoisotopic (exact) mass is 369 g/mol. The van der Waals surface area contributed by atoms with Crippen LogP contribution in [0.2, 0.25) is 0 Å². The van der Waals surface area contributed by atoms with E-state index in [0.29, 0.717) is 5.92 Å². The van der Waals surface area contributed by atoms with Crippen LogP contribution in [0.4, 0.5) is 0 Å². The predicted molar refractivity (Wildman–Crippen MR) is 71.0 cm³/mol. The molecule has 78 valence electrons. The van der Waals surface area contributed by atoms with Gasteiger partial charge in [-0.1, -0.05) is 15.9 Å². The van der Waals surface area contributed by atoms with Crippen molar-refractivity contribution in [1.29, 1.82) is 0 Å². The van der Waals surface area contributed by atoms with Gasteiger partial charge in [-0.2, -0.15) is 0 Å². The highest BCUT2D eigenvalue weighted by Crippen LogP contribution is 2.29. The van der Waals surface area contributed by atoms with Crippen LogP contribution in [0.3, 0.4) is 0 Å². The van der Waals surface area contributed by atoms with Crippen molar-refractivity contribution in [3.63, 3.8) is 0 Å². The maximum Gasteiger partial charge on any atom is 0.106 e. The molecule has 1 unspecified atom stereocenters. The molecule has 14 heavy (non-hydrogen) atoms. The summed E-state index contributed by atoms with van der Waals surface area (Å²) < 4.78 is 2.45. The molecule has 0 fully saturated rings. The summed E-state index contributed by atoms with van der Waals surface area (Å²) in [4.78, 5) is 4.60. The van der Waals surface area contributed by atoms with E-state index in [-0.39, 0.29) is 0 Å². The zero-order chi connectivity index (χ0) is 9.97. The zero-order valence-corrected chi connectivity index (χ0v) is 11.6. The molecule has 1 atom stereocenters. The third-order valence-corrected chi connectivity index (χ3v) is 4.86. The van der Waals surface area contributed by atoms with Crippen molar-refractivity contribution >= 4 is 44.4 Å². The van der Waals surface area contributed by atoms with Crippen LogP contribution in [-0.4, -0.2) is 25.5 Å². The van der Waals surface area contributed by atoms with E-state index in [4.69, 9.17) is 0 Å². The van der Waals surface area contributed by atoms with E-state index in [1.54, 1.807) is 0 Å². The second-order valence-electron chi connectivity index (χ2n) is 3.57. The van der Waals surface area contributed by atoms with E-state index in [1.807, 2.05) is 0 Å². The van der Waals surface area contributed by atoms with Gasteiger partial charge in [0.25, 0.3) is 0 Å². The second kappa shape index (κ2) is 4.94. The van der Waals surface area contributed by atoms with Gasteiger partial charge in [-0.25, -0.2) is 0 Å². The van der Waals surface area contributed by atoms with Crippen molar-refractivity contribution < 1.29 is 0 Å². The molecule has 0 aliphatic carbocycles. The fraction of sp³-hybridized carbons (Fsp3) is 0.667. The summed E-state index contributed by atoms with van der Waals surface area (Å²) in [7, 11) is 0. The van der Waals surface area contributed by atoms with Crippen LogP contribution >= 0.6 is 38.5 Å². The summed E-state index contributed by atoms with van der Waals surface area (Å²) in [6, 6.07) is 0. The van der Waals surface area contributed by atoms with Crippen LogP contribution in [0.1, 0.15) is 12.8 Å². The van der Waals surface area contributed by atoms with Gasteiger partial charge < -0.3 is 10.6 Å². The molecule has 0 bridgehead atoms. The molecule has 0 amide bonds. The molecule has 2 rings (SSSR count). The standard InChI is InChI=1S/C9H13BrIN3/c10-7-4-6-5-12-2-1-3-13-9(6)14-8(7)11/h6,12H,1-5H2,(H,13,14). The van der Waals surface area contributed by atoms with Gasteiger partial charge in [0.15, 0.2) is 0 Å². The normalized spacial score (nSPS) is 28.4. The smallest absolute Gasteiger partial charge is 0.106 e. The molecule has 2 aliphatic heterocycles. The Morgan fingerprint density at radius 3 is 3.21 bits per heavy atom. The van der Waals surface area contributed by atoms with Gasteiger partial charge in [0.1, 0.15) is 5.84 Å². The van der Waals surface area contributed by atoms with Crippen LogP contribution in [0.5, 0.6) is 0 Å². The minimum Gasteiger partial charge on any atom is -0.338 e. The minimum absolute atomic E-state index is 0.517. The van der Waals surface area contributed by atoms with Crippen molar-refractivity contribution in [2.45, 2.75) is 12.8 Å². The SMILES string of the molecule is BrC1=C(I)NC2=NCCCNCC2C1. The second-order valence-corrected chi connectivity index (χ2v) is 5.61. The molecule has 0 saturated heterocycles. The number of hydrogen-bond acceptors (Lipinski definition) is 3. The predicted octanol–water partition coefficient (Wildman–Crippen LogP) is 1.99. The maximum absolute atomic E-state index is 4.60. The summed E-state index contributed by atoms with van der Waals surface area (Å²) in [6.07, 6.45) is 2.20. The molecule has 0 saturated carbocycles. The first-order chi connectivity index (χ1) is 6.77. The first kappa shape index (κ1) is 10.9. The number of fused-ring (bicyclic) bond motifs is 1. The zero-order valence-electron chi connectivity index (χ0n) is 7.82. The molecular formula is C9H13BrIN3. The highest BCUT2D eigenvalue weighted by molar-refractivity contribution is 14.1. The van der Waals surface area contributed by atoms with Gasteiger partial charge in [0, 0.05) is 23.5 Å². The maximum atomic E-state index is 4.60. The molecule has 5 heteroatoms. The van der Waals surface area contributed by atoms with Crippen LogP contribution in [0.25, 0.3) is 0 Å². The number of rotatable bonds is 0. The lowest BCUT2D eigenvalue weighted by molar-refractivity contribution is 0.542. The van der Waals surface area contributed by atoms with E-state index in [1.165, 1.54) is 8.19 Å². The van der Waals surface area contributed by atoms with Crippen LogP contribution in [0, 0.1) is 5.92 Å². The molecule has 0 spiro atoms.